The highest BCUT2D eigenvalue weighted by Crippen LogP contribution is 2.28. The molecule has 0 bridgehead atoms. The Balaban J connectivity index is 1.02. The summed E-state index contributed by atoms with van der Waals surface area (Å²) in [5.74, 6) is -1.69. The number of imide groups is 1. The average molecular weight is 1040 g/mol. The van der Waals surface area contributed by atoms with Crippen molar-refractivity contribution in [2.45, 2.75) is 26.7 Å². The van der Waals surface area contributed by atoms with E-state index in [9.17, 15) is 24.0 Å². The first-order chi connectivity index (χ1) is 35.7. The molecule has 0 aromatic carbocycles. The van der Waals surface area contributed by atoms with E-state index in [4.69, 9.17) is 63.7 Å². The second kappa shape index (κ2) is 39.9. The van der Waals surface area contributed by atoms with Crippen LogP contribution in [-0.2, 0) is 76.2 Å². The van der Waals surface area contributed by atoms with Crippen LogP contribution in [-0.4, -0.2) is 228 Å². The number of ether oxygens (including phenoxy) is 10. The second-order valence-corrected chi connectivity index (χ2v) is 15.5. The molecule has 0 atom stereocenters. The van der Waals surface area contributed by atoms with E-state index >= 15 is 0 Å². The second-order valence-electron chi connectivity index (χ2n) is 15.5. The Labute approximate surface area is 426 Å². The zero-order chi connectivity index (χ0) is 52.6. The molecule has 0 spiro atoms. The first-order valence-electron chi connectivity index (χ1n) is 24.5. The van der Waals surface area contributed by atoms with Crippen LogP contribution in [0.1, 0.15) is 37.9 Å². The van der Waals surface area contributed by atoms with E-state index in [1.54, 1.807) is 24.6 Å². The van der Waals surface area contributed by atoms with E-state index in [-0.39, 0.29) is 50.3 Å². The smallest absolute Gasteiger partial charge is 0.285 e. The van der Waals surface area contributed by atoms with Crippen molar-refractivity contribution in [2.75, 3.05) is 171 Å². The Morgan fingerprint density at radius 1 is 0.699 bits per heavy atom. The van der Waals surface area contributed by atoms with Gasteiger partial charge in [-0.05, 0) is 25.5 Å². The molecular formula is C48H76N9O16+. The molecule has 0 aliphatic carbocycles. The first kappa shape index (κ1) is 61.7. The summed E-state index contributed by atoms with van der Waals surface area (Å²) in [5, 5.41) is 6.71. The number of allylic oxidation sites excluding steroid dienone is 1. The number of amides is 5. The molecule has 5 amide bonds. The molecule has 2 aliphatic rings. The van der Waals surface area contributed by atoms with Crippen LogP contribution in [0.15, 0.2) is 41.2 Å². The summed E-state index contributed by atoms with van der Waals surface area (Å²) in [7, 11) is 0. The van der Waals surface area contributed by atoms with Gasteiger partial charge in [-0.3, -0.25) is 38.7 Å². The van der Waals surface area contributed by atoms with Gasteiger partial charge in [-0.25, -0.2) is 15.0 Å². The lowest BCUT2D eigenvalue weighted by Gasteiger charge is -2.21. The van der Waals surface area contributed by atoms with Crippen molar-refractivity contribution in [1.29, 1.82) is 0 Å². The summed E-state index contributed by atoms with van der Waals surface area (Å²) >= 11 is 0. The minimum atomic E-state index is -0.500. The van der Waals surface area contributed by atoms with Gasteiger partial charge >= 0.3 is 0 Å². The lowest BCUT2D eigenvalue weighted by molar-refractivity contribution is -0.437. The Bertz CT molecular complexity index is 1930. The monoisotopic (exact) mass is 1030 g/mol. The average Bonchev–Trinajstić information content (AvgIpc) is 3.58. The fraction of sp³-hybridized carbons (Fsp3) is 0.625. The molecule has 25 nitrogen and oxygen atoms in total. The maximum absolute atomic E-state index is 13.2. The number of aromatic nitrogens is 1. The standard InChI is InChI=1S/C48H75N9O16/c1-3-9-57(73-4-2)48(62)38-30-41-42(55-43(50)32-38)31-39(35-54-41)40(33-49)34-51-36-44(58)52-7-10-63-12-14-65-16-18-67-20-22-69-24-26-71-28-29-72-27-25-70-23-21-68-19-17-66-15-13-64-11-8-53-45(59)37-56-46(60)5-6-47(56)61/h5-6,30-31,33-35H,3-4,7-29,32,36-37,49H2,1-2H3,(H2,50,55)(H,52,58)(H,53,59)/p+1/b40-33+,51-34?. The number of amidine groups is 1. The van der Waals surface area contributed by atoms with Crippen LogP contribution in [0.4, 0.5) is 5.69 Å². The van der Waals surface area contributed by atoms with Gasteiger partial charge in [-0.15, -0.1) is 0 Å². The summed E-state index contributed by atoms with van der Waals surface area (Å²) in [6, 6.07) is 1.77. The fourth-order valence-electron chi connectivity index (χ4n) is 6.25. The number of hydrogen-bond donors (Lipinski definition) is 5. The lowest BCUT2D eigenvalue weighted by atomic mass is 10.1. The van der Waals surface area contributed by atoms with Gasteiger partial charge in [0.05, 0.1) is 156 Å². The summed E-state index contributed by atoms with van der Waals surface area (Å²) in [5.41, 5.74) is 14.7. The number of aliphatic imine (C=N–C) groups is 1. The highest BCUT2D eigenvalue weighted by molar-refractivity contribution is 6.14. The largest absolute Gasteiger partial charge is 0.404 e. The zero-order valence-corrected chi connectivity index (χ0v) is 42.3. The molecule has 0 saturated carbocycles. The number of nitrogens with zero attached hydrogens (tertiary/aromatic N) is 4. The van der Waals surface area contributed by atoms with Gasteiger partial charge in [-0.1, -0.05) is 6.92 Å². The minimum Gasteiger partial charge on any atom is -0.404 e. The number of nitrogens with two attached hydrogens (primary N) is 2. The van der Waals surface area contributed by atoms with Gasteiger partial charge in [0, 0.05) is 61.7 Å². The van der Waals surface area contributed by atoms with Gasteiger partial charge < -0.3 is 69.5 Å². The molecule has 0 radical (unpaired) electrons. The molecule has 73 heavy (non-hydrogen) atoms. The number of carbonyl (C=O) groups is 5. The highest BCUT2D eigenvalue weighted by Gasteiger charge is 2.26. The van der Waals surface area contributed by atoms with Crippen LogP contribution in [0.3, 0.4) is 0 Å². The number of fused-ring (bicyclic) bond motifs is 1. The molecule has 3 heterocycles. The van der Waals surface area contributed by atoms with Crippen molar-refractivity contribution in [3.63, 3.8) is 0 Å². The molecule has 3 rings (SSSR count). The number of carbonyl (C=O) groups excluding carboxylic acids is 5. The van der Waals surface area contributed by atoms with Crippen molar-refractivity contribution in [3.05, 3.63) is 47.4 Å². The number of rotatable bonds is 44. The molecule has 2 aliphatic heterocycles. The predicted molar refractivity (Wildman–Crippen MR) is 266 cm³/mol. The van der Waals surface area contributed by atoms with Gasteiger partial charge in [0.15, 0.2) is 6.21 Å². The van der Waals surface area contributed by atoms with Gasteiger partial charge in [-0.2, -0.15) is 0 Å². The van der Waals surface area contributed by atoms with Crippen molar-refractivity contribution < 1.29 is 81.2 Å². The Kier molecular flexibility index (Phi) is 33.7. The molecule has 0 unspecified atom stereocenters. The van der Waals surface area contributed by atoms with Crippen LogP contribution in [0, 0.1) is 0 Å². The number of pyridine rings is 1. The minimum absolute atomic E-state index is 0.00559. The molecule has 1 aromatic heterocycles. The van der Waals surface area contributed by atoms with Crippen molar-refractivity contribution >= 4 is 58.9 Å². The van der Waals surface area contributed by atoms with Gasteiger partial charge in [0.2, 0.25) is 12.5 Å². The number of nitrogens with one attached hydrogen (secondary N) is 3. The SMILES string of the molecule is CCCN(OCC)C(=O)C1=Cc2ncc(/C(C=[NH+]CC(=O)NCCOCCOCCOCCOCCOCCOCCOCCOCCOCCOCCNC(=O)CN3C(=O)C=CC3=O)=C/N)cc2N=C(N)C1. The van der Waals surface area contributed by atoms with E-state index in [0.717, 1.165) is 23.5 Å². The predicted octanol–water partition coefficient (Wildman–Crippen LogP) is -2.18. The number of hydrogen-bond acceptors (Lipinski definition) is 20. The quantitative estimate of drug-likeness (QED) is 0.0201. The number of hydroxylamine groups is 2. The van der Waals surface area contributed by atoms with Crippen LogP contribution < -0.4 is 27.1 Å². The lowest BCUT2D eigenvalue weighted by Crippen LogP contribution is -2.72. The summed E-state index contributed by atoms with van der Waals surface area (Å²) in [6.45, 7) is 13.0. The molecule has 25 heteroatoms. The van der Waals surface area contributed by atoms with E-state index in [1.807, 2.05) is 13.8 Å². The molecule has 0 saturated heterocycles. The topological polar surface area (TPSA) is 309 Å². The molecule has 408 valence electrons. The third kappa shape index (κ3) is 27.9. The Hall–Kier alpha value is -5.58. The Morgan fingerprint density at radius 2 is 1.15 bits per heavy atom. The summed E-state index contributed by atoms with van der Waals surface area (Å²) < 4.78 is 54.8. The normalized spacial score (nSPS) is 13.6. The maximum atomic E-state index is 13.2. The van der Waals surface area contributed by atoms with E-state index in [0.29, 0.717) is 173 Å². The van der Waals surface area contributed by atoms with Crippen LogP contribution in [0.5, 0.6) is 0 Å². The van der Waals surface area contributed by atoms with E-state index in [1.165, 1.54) is 11.3 Å². The van der Waals surface area contributed by atoms with Gasteiger partial charge in [0.1, 0.15) is 12.4 Å². The van der Waals surface area contributed by atoms with Gasteiger partial charge in [0.25, 0.3) is 23.6 Å². The summed E-state index contributed by atoms with van der Waals surface area (Å²) in [6.07, 6.45) is 9.43. The maximum Gasteiger partial charge on any atom is 0.285 e. The Morgan fingerprint density at radius 3 is 1.59 bits per heavy atom. The van der Waals surface area contributed by atoms with Crippen LogP contribution in [0.2, 0.25) is 0 Å². The highest BCUT2D eigenvalue weighted by atomic mass is 16.7. The van der Waals surface area contributed by atoms with Crippen molar-refractivity contribution in [1.82, 2.24) is 25.6 Å². The molecule has 7 N–H and O–H groups in total. The first-order valence-corrected chi connectivity index (χ1v) is 24.5. The third-order valence-corrected chi connectivity index (χ3v) is 9.78. The third-order valence-electron chi connectivity index (χ3n) is 9.78. The molecule has 0 fully saturated rings. The van der Waals surface area contributed by atoms with E-state index in [2.05, 4.69) is 25.6 Å². The van der Waals surface area contributed by atoms with Crippen molar-refractivity contribution in [3.8, 4) is 0 Å². The van der Waals surface area contributed by atoms with Crippen molar-refractivity contribution in [2.24, 2.45) is 16.5 Å². The molecular weight excluding hydrogens is 959 g/mol. The summed E-state index contributed by atoms with van der Waals surface area (Å²) in [4.78, 5) is 78.6. The fourth-order valence-corrected chi connectivity index (χ4v) is 6.25. The molecule has 1 aromatic rings. The van der Waals surface area contributed by atoms with Crippen LogP contribution >= 0.6 is 0 Å². The van der Waals surface area contributed by atoms with E-state index < -0.39 is 17.7 Å². The zero-order valence-electron chi connectivity index (χ0n) is 42.3. The van der Waals surface area contributed by atoms with Crippen LogP contribution in [0.25, 0.3) is 11.6 Å².